The fourth-order valence-electron chi connectivity index (χ4n) is 1.50. The summed E-state index contributed by atoms with van der Waals surface area (Å²) < 4.78 is 58.1. The first kappa shape index (κ1) is 16.8. The topological polar surface area (TPSA) is 63.2 Å². The van der Waals surface area contributed by atoms with Gasteiger partial charge in [0.1, 0.15) is 0 Å². The summed E-state index contributed by atoms with van der Waals surface area (Å²) in [6.45, 7) is 1.41. The standard InChI is InChI=1S/C11H11ClF3NO3S/c1-7(16-10(17)11(13,14)15)6-8-2-4-9(5-3-8)20(12,18)19/h2-5,7H,6H2,1H3,(H,16,17)/t7-/m1/s1. The van der Waals surface area contributed by atoms with Crippen molar-refractivity contribution in [1.82, 2.24) is 5.32 Å². The van der Waals surface area contributed by atoms with Crippen LogP contribution < -0.4 is 5.32 Å². The predicted octanol–water partition coefficient (Wildman–Crippen LogP) is 2.22. The Hall–Kier alpha value is -1.28. The Morgan fingerprint density at radius 1 is 1.30 bits per heavy atom. The van der Waals surface area contributed by atoms with Crippen LogP contribution in [-0.4, -0.2) is 26.5 Å². The van der Waals surface area contributed by atoms with Gasteiger partial charge in [-0.2, -0.15) is 13.2 Å². The van der Waals surface area contributed by atoms with E-state index in [1.165, 1.54) is 31.2 Å². The first-order valence-corrected chi connectivity index (χ1v) is 7.72. The van der Waals surface area contributed by atoms with Gasteiger partial charge in [0.15, 0.2) is 0 Å². The lowest BCUT2D eigenvalue weighted by Gasteiger charge is -2.15. The van der Waals surface area contributed by atoms with Crippen LogP contribution in [0.2, 0.25) is 0 Å². The highest BCUT2D eigenvalue weighted by molar-refractivity contribution is 8.13. The summed E-state index contributed by atoms with van der Waals surface area (Å²) in [7, 11) is 1.29. The molecule has 0 aliphatic heterocycles. The molecule has 0 aromatic heterocycles. The first-order valence-electron chi connectivity index (χ1n) is 5.41. The van der Waals surface area contributed by atoms with E-state index in [4.69, 9.17) is 10.7 Å². The molecule has 0 bridgehead atoms. The van der Waals surface area contributed by atoms with Gasteiger partial charge in [-0.05, 0) is 31.0 Å². The van der Waals surface area contributed by atoms with Gasteiger partial charge in [0, 0.05) is 16.7 Å². The maximum absolute atomic E-state index is 12.0. The summed E-state index contributed by atoms with van der Waals surface area (Å²) >= 11 is 0. The summed E-state index contributed by atoms with van der Waals surface area (Å²) in [4.78, 5) is 10.6. The summed E-state index contributed by atoms with van der Waals surface area (Å²) in [6.07, 6.45) is -4.80. The van der Waals surface area contributed by atoms with Crippen LogP contribution in [-0.2, 0) is 20.3 Å². The molecule has 1 N–H and O–H groups in total. The molecule has 0 heterocycles. The Labute approximate surface area is 118 Å². The summed E-state index contributed by atoms with van der Waals surface area (Å²) in [5.74, 6) is -2.01. The van der Waals surface area contributed by atoms with Crippen molar-refractivity contribution < 1.29 is 26.4 Å². The number of alkyl halides is 3. The molecule has 0 fully saturated rings. The number of hydrogen-bond donors (Lipinski definition) is 1. The fraction of sp³-hybridized carbons (Fsp3) is 0.364. The maximum Gasteiger partial charge on any atom is 0.471 e. The zero-order valence-corrected chi connectivity index (χ0v) is 11.8. The Morgan fingerprint density at radius 3 is 2.20 bits per heavy atom. The molecule has 0 aliphatic rings. The SMILES string of the molecule is C[C@H](Cc1ccc(S(=O)(=O)Cl)cc1)NC(=O)C(F)(F)F. The van der Waals surface area contributed by atoms with Gasteiger partial charge in [-0.15, -0.1) is 0 Å². The minimum absolute atomic E-state index is 0.102. The molecule has 1 aromatic carbocycles. The minimum atomic E-state index is -4.93. The number of carbonyl (C=O) groups excluding carboxylic acids is 1. The van der Waals surface area contributed by atoms with Gasteiger partial charge in [-0.25, -0.2) is 8.42 Å². The maximum atomic E-state index is 12.0. The van der Waals surface area contributed by atoms with Gasteiger partial charge in [0.05, 0.1) is 4.90 Å². The number of halogens is 4. The van der Waals surface area contributed by atoms with Gasteiger partial charge in [-0.3, -0.25) is 4.79 Å². The van der Waals surface area contributed by atoms with E-state index >= 15 is 0 Å². The number of amides is 1. The van der Waals surface area contributed by atoms with Crippen molar-refractivity contribution >= 4 is 25.6 Å². The predicted molar refractivity (Wildman–Crippen MR) is 66.8 cm³/mol. The van der Waals surface area contributed by atoms with Gasteiger partial charge < -0.3 is 5.32 Å². The van der Waals surface area contributed by atoms with Crippen molar-refractivity contribution in [3.05, 3.63) is 29.8 Å². The lowest BCUT2D eigenvalue weighted by atomic mass is 10.1. The second kappa shape index (κ2) is 6.01. The third kappa shape index (κ3) is 5.01. The lowest BCUT2D eigenvalue weighted by molar-refractivity contribution is -0.174. The third-order valence-electron chi connectivity index (χ3n) is 2.38. The van der Waals surface area contributed by atoms with E-state index in [0.29, 0.717) is 5.56 Å². The molecular formula is C11H11ClF3NO3S. The molecule has 0 spiro atoms. The number of rotatable bonds is 4. The lowest BCUT2D eigenvalue weighted by Crippen LogP contribution is -2.42. The van der Waals surface area contributed by atoms with Crippen molar-refractivity contribution in [2.75, 3.05) is 0 Å². The van der Waals surface area contributed by atoms with Crippen LogP contribution in [0.25, 0.3) is 0 Å². The number of hydrogen-bond acceptors (Lipinski definition) is 3. The Morgan fingerprint density at radius 2 is 1.80 bits per heavy atom. The minimum Gasteiger partial charge on any atom is -0.345 e. The summed E-state index contributed by atoms with van der Waals surface area (Å²) in [5, 5.41) is 1.80. The molecule has 9 heteroatoms. The monoisotopic (exact) mass is 329 g/mol. The molecule has 0 saturated carbocycles. The highest BCUT2D eigenvalue weighted by Gasteiger charge is 2.39. The van der Waals surface area contributed by atoms with E-state index in [1.54, 1.807) is 5.32 Å². The smallest absolute Gasteiger partial charge is 0.345 e. The molecule has 1 rings (SSSR count). The fourth-order valence-corrected chi connectivity index (χ4v) is 2.27. The van der Waals surface area contributed by atoms with Crippen LogP contribution in [0.4, 0.5) is 13.2 Å². The van der Waals surface area contributed by atoms with Crippen molar-refractivity contribution in [1.29, 1.82) is 0 Å². The number of carbonyl (C=O) groups is 1. The Balaban J connectivity index is 2.68. The van der Waals surface area contributed by atoms with E-state index in [-0.39, 0.29) is 11.3 Å². The Bertz CT molecular complexity index is 584. The highest BCUT2D eigenvalue weighted by Crippen LogP contribution is 2.17. The third-order valence-corrected chi connectivity index (χ3v) is 3.75. The molecule has 1 aromatic rings. The van der Waals surface area contributed by atoms with E-state index in [2.05, 4.69) is 0 Å². The van der Waals surface area contributed by atoms with Crippen LogP contribution in [0.15, 0.2) is 29.2 Å². The van der Waals surface area contributed by atoms with Gasteiger partial charge in [-0.1, -0.05) is 12.1 Å². The summed E-state index contributed by atoms with van der Waals surface area (Å²) in [6, 6.07) is 4.59. The van der Waals surface area contributed by atoms with E-state index < -0.39 is 27.2 Å². The molecule has 112 valence electrons. The zero-order chi connectivity index (χ0) is 15.6. The molecular weight excluding hydrogens is 319 g/mol. The normalized spacial score (nSPS) is 13.8. The van der Waals surface area contributed by atoms with E-state index in [9.17, 15) is 26.4 Å². The quantitative estimate of drug-likeness (QED) is 0.862. The number of nitrogens with one attached hydrogen (secondary N) is 1. The largest absolute Gasteiger partial charge is 0.471 e. The molecule has 0 saturated heterocycles. The van der Waals surface area contributed by atoms with Crippen molar-refractivity contribution in [3.8, 4) is 0 Å². The highest BCUT2D eigenvalue weighted by atomic mass is 35.7. The zero-order valence-electron chi connectivity index (χ0n) is 10.2. The molecule has 4 nitrogen and oxygen atoms in total. The molecule has 1 atom stereocenters. The second-order valence-corrected chi connectivity index (χ2v) is 6.72. The van der Waals surface area contributed by atoms with Gasteiger partial charge >= 0.3 is 12.1 Å². The van der Waals surface area contributed by atoms with Crippen molar-refractivity contribution in [2.45, 2.75) is 30.5 Å². The van der Waals surface area contributed by atoms with Crippen molar-refractivity contribution in [3.63, 3.8) is 0 Å². The average molecular weight is 330 g/mol. The van der Waals surface area contributed by atoms with Crippen LogP contribution >= 0.6 is 10.7 Å². The molecule has 0 aliphatic carbocycles. The second-order valence-electron chi connectivity index (χ2n) is 4.16. The van der Waals surface area contributed by atoms with Crippen LogP contribution in [0.5, 0.6) is 0 Å². The van der Waals surface area contributed by atoms with E-state index in [1.807, 2.05) is 0 Å². The molecule has 1 amide bonds. The molecule has 0 unspecified atom stereocenters. The van der Waals surface area contributed by atoms with Crippen LogP contribution in [0.3, 0.4) is 0 Å². The van der Waals surface area contributed by atoms with Crippen LogP contribution in [0, 0.1) is 0 Å². The Kier molecular flexibility index (Phi) is 5.04. The van der Waals surface area contributed by atoms with Crippen molar-refractivity contribution in [2.24, 2.45) is 0 Å². The number of benzene rings is 1. The summed E-state index contributed by atoms with van der Waals surface area (Å²) in [5.41, 5.74) is 0.573. The van der Waals surface area contributed by atoms with Gasteiger partial charge in [0.25, 0.3) is 9.05 Å². The van der Waals surface area contributed by atoms with E-state index in [0.717, 1.165) is 0 Å². The average Bonchev–Trinajstić information content (AvgIpc) is 2.26. The van der Waals surface area contributed by atoms with Gasteiger partial charge in [0.2, 0.25) is 0 Å². The van der Waals surface area contributed by atoms with Crippen LogP contribution in [0.1, 0.15) is 12.5 Å². The first-order chi connectivity index (χ1) is 9.00. The molecule has 0 radical (unpaired) electrons. The molecule has 20 heavy (non-hydrogen) atoms.